The smallest absolute Gasteiger partial charge is 0.0682 e. The van der Waals surface area contributed by atoms with Crippen LogP contribution in [0.1, 0.15) is 37.5 Å². The highest BCUT2D eigenvalue weighted by Gasteiger charge is 2.12. The molecule has 2 rings (SSSR count). The van der Waals surface area contributed by atoms with E-state index in [0.29, 0.717) is 0 Å². The summed E-state index contributed by atoms with van der Waals surface area (Å²) in [6.45, 7) is 7.54. The zero-order chi connectivity index (χ0) is 14.6. The molecule has 2 aromatic rings. The summed E-state index contributed by atoms with van der Waals surface area (Å²) in [5.74, 6) is 0. The standard InChI is InChI=1S/C18H23NO/c1-18(2,3)16-9-7-14(8-10-16)12-19-17-6-4-5-15(11-17)13-20/h4-11,19-20H,12-13H2,1-3H3. The molecule has 0 saturated heterocycles. The summed E-state index contributed by atoms with van der Waals surface area (Å²) in [6, 6.07) is 16.6. The Kier molecular flexibility index (Phi) is 4.46. The van der Waals surface area contributed by atoms with E-state index in [4.69, 9.17) is 5.11 Å². The van der Waals surface area contributed by atoms with Gasteiger partial charge in [-0.05, 0) is 34.2 Å². The molecule has 0 fully saturated rings. The third-order valence-corrected chi connectivity index (χ3v) is 3.43. The average molecular weight is 269 g/mol. The van der Waals surface area contributed by atoms with Gasteiger partial charge in [0.15, 0.2) is 0 Å². The SMILES string of the molecule is CC(C)(C)c1ccc(CNc2cccc(CO)c2)cc1. The van der Waals surface area contributed by atoms with Gasteiger partial charge in [-0.3, -0.25) is 0 Å². The summed E-state index contributed by atoms with van der Waals surface area (Å²) in [6.07, 6.45) is 0. The molecule has 0 amide bonds. The van der Waals surface area contributed by atoms with Gasteiger partial charge in [0.2, 0.25) is 0 Å². The maximum absolute atomic E-state index is 9.13. The predicted octanol–water partition coefficient (Wildman–Crippen LogP) is 4.09. The van der Waals surface area contributed by atoms with E-state index < -0.39 is 0 Å². The van der Waals surface area contributed by atoms with Gasteiger partial charge in [0.05, 0.1) is 6.61 Å². The van der Waals surface area contributed by atoms with Crippen molar-refractivity contribution in [1.29, 1.82) is 0 Å². The fourth-order valence-electron chi connectivity index (χ4n) is 2.11. The van der Waals surface area contributed by atoms with Crippen LogP contribution in [0.4, 0.5) is 5.69 Å². The summed E-state index contributed by atoms with van der Waals surface area (Å²) >= 11 is 0. The third-order valence-electron chi connectivity index (χ3n) is 3.43. The molecule has 0 unspecified atom stereocenters. The normalized spacial score (nSPS) is 11.4. The second kappa shape index (κ2) is 6.10. The van der Waals surface area contributed by atoms with E-state index in [-0.39, 0.29) is 12.0 Å². The van der Waals surface area contributed by atoms with Crippen LogP contribution in [-0.2, 0) is 18.6 Å². The quantitative estimate of drug-likeness (QED) is 0.876. The summed E-state index contributed by atoms with van der Waals surface area (Å²) in [5, 5.41) is 12.5. The molecule has 0 heterocycles. The van der Waals surface area contributed by atoms with Crippen molar-refractivity contribution in [2.75, 3.05) is 5.32 Å². The Morgan fingerprint density at radius 1 is 0.950 bits per heavy atom. The van der Waals surface area contributed by atoms with Crippen LogP contribution in [0, 0.1) is 0 Å². The van der Waals surface area contributed by atoms with Crippen LogP contribution >= 0.6 is 0 Å². The van der Waals surface area contributed by atoms with E-state index in [1.165, 1.54) is 11.1 Å². The molecule has 0 bridgehead atoms. The lowest BCUT2D eigenvalue weighted by Gasteiger charge is -2.19. The molecular weight excluding hydrogens is 246 g/mol. The maximum Gasteiger partial charge on any atom is 0.0682 e. The van der Waals surface area contributed by atoms with Gasteiger partial charge in [-0.1, -0.05) is 57.2 Å². The minimum atomic E-state index is 0.0792. The predicted molar refractivity (Wildman–Crippen MR) is 84.8 cm³/mol. The molecule has 2 aromatic carbocycles. The number of aliphatic hydroxyl groups excluding tert-OH is 1. The number of hydrogen-bond acceptors (Lipinski definition) is 2. The van der Waals surface area contributed by atoms with Crippen molar-refractivity contribution < 1.29 is 5.11 Å². The maximum atomic E-state index is 9.13. The van der Waals surface area contributed by atoms with Gasteiger partial charge in [-0.25, -0.2) is 0 Å². The fourth-order valence-corrected chi connectivity index (χ4v) is 2.11. The van der Waals surface area contributed by atoms with Crippen molar-refractivity contribution in [3.63, 3.8) is 0 Å². The highest BCUT2D eigenvalue weighted by atomic mass is 16.3. The van der Waals surface area contributed by atoms with E-state index in [1.54, 1.807) is 0 Å². The van der Waals surface area contributed by atoms with E-state index in [9.17, 15) is 0 Å². The molecule has 20 heavy (non-hydrogen) atoms. The van der Waals surface area contributed by atoms with Crippen molar-refractivity contribution in [3.8, 4) is 0 Å². The number of nitrogens with one attached hydrogen (secondary N) is 1. The van der Waals surface area contributed by atoms with Crippen LogP contribution in [-0.4, -0.2) is 5.11 Å². The summed E-state index contributed by atoms with van der Waals surface area (Å²) < 4.78 is 0. The Labute approximate surface area is 121 Å². The molecule has 0 aliphatic heterocycles. The van der Waals surface area contributed by atoms with Gasteiger partial charge in [0.25, 0.3) is 0 Å². The van der Waals surface area contributed by atoms with Gasteiger partial charge in [0.1, 0.15) is 0 Å². The second-order valence-electron chi connectivity index (χ2n) is 6.16. The zero-order valence-corrected chi connectivity index (χ0v) is 12.5. The molecule has 2 nitrogen and oxygen atoms in total. The van der Waals surface area contributed by atoms with E-state index >= 15 is 0 Å². The highest BCUT2D eigenvalue weighted by molar-refractivity contribution is 5.46. The lowest BCUT2D eigenvalue weighted by atomic mass is 9.87. The van der Waals surface area contributed by atoms with E-state index in [1.807, 2.05) is 24.3 Å². The van der Waals surface area contributed by atoms with Crippen LogP contribution in [0.15, 0.2) is 48.5 Å². The molecule has 0 aliphatic rings. The summed E-state index contributed by atoms with van der Waals surface area (Å²) in [7, 11) is 0. The number of aliphatic hydroxyl groups is 1. The Balaban J connectivity index is 2.00. The first kappa shape index (κ1) is 14.6. The van der Waals surface area contributed by atoms with E-state index in [0.717, 1.165) is 17.8 Å². The van der Waals surface area contributed by atoms with Crippen LogP contribution in [0.5, 0.6) is 0 Å². The first-order valence-electron chi connectivity index (χ1n) is 7.02. The summed E-state index contributed by atoms with van der Waals surface area (Å²) in [5.41, 5.74) is 4.77. The van der Waals surface area contributed by atoms with Gasteiger partial charge in [0, 0.05) is 12.2 Å². The van der Waals surface area contributed by atoms with Crippen molar-refractivity contribution in [1.82, 2.24) is 0 Å². The van der Waals surface area contributed by atoms with Crippen LogP contribution in [0.3, 0.4) is 0 Å². The Morgan fingerprint density at radius 2 is 1.65 bits per heavy atom. The fraction of sp³-hybridized carbons (Fsp3) is 0.333. The molecule has 0 atom stereocenters. The van der Waals surface area contributed by atoms with Gasteiger partial charge in [-0.2, -0.15) is 0 Å². The molecule has 0 aromatic heterocycles. The zero-order valence-electron chi connectivity index (χ0n) is 12.5. The highest BCUT2D eigenvalue weighted by Crippen LogP contribution is 2.22. The second-order valence-corrected chi connectivity index (χ2v) is 6.16. The van der Waals surface area contributed by atoms with Crippen LogP contribution in [0.25, 0.3) is 0 Å². The lowest BCUT2D eigenvalue weighted by molar-refractivity contribution is 0.282. The number of hydrogen-bond donors (Lipinski definition) is 2. The molecule has 0 aliphatic carbocycles. The minimum absolute atomic E-state index is 0.0792. The first-order valence-corrected chi connectivity index (χ1v) is 7.02. The topological polar surface area (TPSA) is 32.3 Å². The number of rotatable bonds is 4. The third kappa shape index (κ3) is 3.84. The molecule has 0 spiro atoms. The van der Waals surface area contributed by atoms with E-state index in [2.05, 4.69) is 50.4 Å². The van der Waals surface area contributed by atoms with Gasteiger partial charge in [-0.15, -0.1) is 0 Å². The van der Waals surface area contributed by atoms with Crippen LogP contribution in [0.2, 0.25) is 0 Å². The Bertz CT molecular complexity index is 552. The monoisotopic (exact) mass is 269 g/mol. The van der Waals surface area contributed by atoms with Gasteiger partial charge < -0.3 is 10.4 Å². The molecule has 106 valence electrons. The Morgan fingerprint density at radius 3 is 2.25 bits per heavy atom. The van der Waals surface area contributed by atoms with Crippen LogP contribution < -0.4 is 5.32 Å². The van der Waals surface area contributed by atoms with Crippen molar-refractivity contribution in [2.24, 2.45) is 0 Å². The van der Waals surface area contributed by atoms with Crippen molar-refractivity contribution >= 4 is 5.69 Å². The molecular formula is C18H23NO. The first-order chi connectivity index (χ1) is 9.49. The lowest BCUT2D eigenvalue weighted by Crippen LogP contribution is -2.11. The molecule has 2 heteroatoms. The molecule has 0 radical (unpaired) electrons. The average Bonchev–Trinajstić information content (AvgIpc) is 2.45. The molecule has 0 saturated carbocycles. The van der Waals surface area contributed by atoms with Gasteiger partial charge >= 0.3 is 0 Å². The number of benzene rings is 2. The molecule has 2 N–H and O–H groups in total. The Hall–Kier alpha value is -1.80. The largest absolute Gasteiger partial charge is 0.392 e. The number of anilines is 1. The van der Waals surface area contributed by atoms with Crippen molar-refractivity contribution in [2.45, 2.75) is 39.3 Å². The van der Waals surface area contributed by atoms with Crippen molar-refractivity contribution in [3.05, 3.63) is 65.2 Å². The minimum Gasteiger partial charge on any atom is -0.392 e. The summed E-state index contributed by atoms with van der Waals surface area (Å²) in [4.78, 5) is 0.